The summed E-state index contributed by atoms with van der Waals surface area (Å²) in [6, 6.07) is 2.00. The van der Waals surface area contributed by atoms with Crippen LogP contribution in [0.2, 0.25) is 0 Å². The van der Waals surface area contributed by atoms with Crippen molar-refractivity contribution >= 4 is 5.82 Å². The van der Waals surface area contributed by atoms with Gasteiger partial charge in [0.2, 0.25) is 0 Å². The summed E-state index contributed by atoms with van der Waals surface area (Å²) >= 11 is 0. The molecule has 0 radical (unpaired) electrons. The lowest BCUT2D eigenvalue weighted by Gasteiger charge is -2.38. The second-order valence-corrected chi connectivity index (χ2v) is 5.00. The standard InChI is InChI=1S/C13H20FN3/c1-9-3-4-10(2)17(8-9)13-12(14)11(7-15)5-6-16-13/h5-6,9-10H,3-4,7-8,15H2,1-2H3. The van der Waals surface area contributed by atoms with Gasteiger partial charge in [-0.3, -0.25) is 0 Å². The van der Waals surface area contributed by atoms with Gasteiger partial charge in [-0.15, -0.1) is 0 Å². The van der Waals surface area contributed by atoms with E-state index in [9.17, 15) is 4.39 Å². The predicted molar refractivity (Wildman–Crippen MR) is 67.3 cm³/mol. The van der Waals surface area contributed by atoms with Gasteiger partial charge in [0.05, 0.1) is 0 Å². The van der Waals surface area contributed by atoms with Gasteiger partial charge in [0.1, 0.15) is 0 Å². The highest BCUT2D eigenvalue weighted by molar-refractivity contribution is 5.44. The van der Waals surface area contributed by atoms with Crippen LogP contribution in [0.15, 0.2) is 12.3 Å². The third kappa shape index (κ3) is 2.41. The van der Waals surface area contributed by atoms with Gasteiger partial charge in [0.25, 0.3) is 0 Å². The van der Waals surface area contributed by atoms with E-state index >= 15 is 0 Å². The van der Waals surface area contributed by atoms with Gasteiger partial charge < -0.3 is 10.6 Å². The Balaban J connectivity index is 2.32. The first kappa shape index (κ1) is 12.3. The number of aromatic nitrogens is 1. The molecule has 17 heavy (non-hydrogen) atoms. The Morgan fingerprint density at radius 3 is 2.94 bits per heavy atom. The number of pyridine rings is 1. The number of hydrogen-bond acceptors (Lipinski definition) is 3. The molecule has 0 aromatic carbocycles. The number of anilines is 1. The molecule has 0 saturated carbocycles. The molecule has 0 amide bonds. The largest absolute Gasteiger partial charge is 0.351 e. The number of hydrogen-bond donors (Lipinski definition) is 1. The maximum Gasteiger partial charge on any atom is 0.170 e. The van der Waals surface area contributed by atoms with Gasteiger partial charge in [-0.25, -0.2) is 9.37 Å². The predicted octanol–water partition coefficient (Wildman–Crippen LogP) is 2.30. The molecule has 0 bridgehead atoms. The summed E-state index contributed by atoms with van der Waals surface area (Å²) in [5, 5.41) is 0. The number of nitrogens with zero attached hydrogens (tertiary/aromatic N) is 2. The van der Waals surface area contributed by atoms with Crippen LogP contribution in [0, 0.1) is 11.7 Å². The van der Waals surface area contributed by atoms with Crippen molar-refractivity contribution in [3.8, 4) is 0 Å². The average Bonchev–Trinajstić information content (AvgIpc) is 2.33. The molecule has 2 unspecified atom stereocenters. The molecule has 2 atom stereocenters. The van der Waals surface area contributed by atoms with E-state index in [-0.39, 0.29) is 12.4 Å². The maximum absolute atomic E-state index is 14.2. The van der Waals surface area contributed by atoms with Gasteiger partial charge in [-0.05, 0) is 31.7 Å². The van der Waals surface area contributed by atoms with E-state index in [2.05, 4.69) is 23.7 Å². The van der Waals surface area contributed by atoms with E-state index in [1.54, 1.807) is 12.3 Å². The molecule has 4 heteroatoms. The van der Waals surface area contributed by atoms with E-state index < -0.39 is 0 Å². The Morgan fingerprint density at radius 1 is 1.47 bits per heavy atom. The normalized spacial score (nSPS) is 25.1. The van der Waals surface area contributed by atoms with Crippen molar-refractivity contribution in [3.63, 3.8) is 0 Å². The highest BCUT2D eigenvalue weighted by atomic mass is 19.1. The van der Waals surface area contributed by atoms with E-state index in [4.69, 9.17) is 5.73 Å². The van der Waals surface area contributed by atoms with Crippen LogP contribution in [0.5, 0.6) is 0 Å². The molecule has 94 valence electrons. The molecule has 1 aliphatic rings. The van der Waals surface area contributed by atoms with Crippen molar-refractivity contribution in [2.75, 3.05) is 11.4 Å². The quantitative estimate of drug-likeness (QED) is 0.858. The molecule has 1 aliphatic heterocycles. The van der Waals surface area contributed by atoms with Crippen molar-refractivity contribution < 1.29 is 4.39 Å². The zero-order valence-corrected chi connectivity index (χ0v) is 10.5. The molecular weight excluding hydrogens is 217 g/mol. The van der Waals surface area contributed by atoms with Crippen LogP contribution < -0.4 is 10.6 Å². The molecule has 0 aliphatic carbocycles. The zero-order chi connectivity index (χ0) is 12.4. The fraction of sp³-hybridized carbons (Fsp3) is 0.615. The SMILES string of the molecule is CC1CCC(C)N(c2nccc(CN)c2F)C1. The average molecular weight is 237 g/mol. The Kier molecular flexibility index (Phi) is 3.62. The first-order valence-corrected chi connectivity index (χ1v) is 6.23. The Bertz CT molecular complexity index is 394. The first-order valence-electron chi connectivity index (χ1n) is 6.23. The van der Waals surface area contributed by atoms with Crippen molar-refractivity contribution in [1.82, 2.24) is 4.98 Å². The van der Waals surface area contributed by atoms with E-state index in [1.807, 2.05) is 0 Å². The summed E-state index contributed by atoms with van der Waals surface area (Å²) in [7, 11) is 0. The molecule has 3 nitrogen and oxygen atoms in total. The van der Waals surface area contributed by atoms with Crippen molar-refractivity contribution in [1.29, 1.82) is 0 Å². The molecule has 1 saturated heterocycles. The van der Waals surface area contributed by atoms with Crippen LogP contribution in [-0.4, -0.2) is 17.6 Å². The maximum atomic E-state index is 14.2. The second kappa shape index (κ2) is 5.00. The van der Waals surface area contributed by atoms with Gasteiger partial charge in [0.15, 0.2) is 11.6 Å². The van der Waals surface area contributed by atoms with Crippen LogP contribution in [0.4, 0.5) is 10.2 Å². The third-order valence-electron chi connectivity index (χ3n) is 3.56. The van der Waals surface area contributed by atoms with Gasteiger partial charge >= 0.3 is 0 Å². The van der Waals surface area contributed by atoms with Crippen LogP contribution in [-0.2, 0) is 6.54 Å². The van der Waals surface area contributed by atoms with Gasteiger partial charge in [-0.1, -0.05) is 6.92 Å². The summed E-state index contributed by atoms with van der Waals surface area (Å²) in [6.45, 7) is 5.42. The van der Waals surface area contributed by atoms with Crippen LogP contribution in [0.3, 0.4) is 0 Å². The molecular formula is C13H20FN3. The van der Waals surface area contributed by atoms with Gasteiger partial charge in [0, 0.05) is 30.9 Å². The smallest absolute Gasteiger partial charge is 0.170 e. The molecule has 1 aromatic heterocycles. The molecule has 2 N–H and O–H groups in total. The highest BCUT2D eigenvalue weighted by Gasteiger charge is 2.26. The lowest BCUT2D eigenvalue weighted by Crippen LogP contribution is -2.42. The first-order chi connectivity index (χ1) is 8.13. The summed E-state index contributed by atoms with van der Waals surface area (Å²) in [5.74, 6) is 0.803. The number of nitrogens with two attached hydrogens (primary N) is 1. The minimum absolute atomic E-state index is 0.221. The van der Waals surface area contributed by atoms with E-state index in [0.29, 0.717) is 23.3 Å². The molecule has 1 aromatic rings. The Hall–Kier alpha value is -1.16. The van der Waals surface area contributed by atoms with Crippen molar-refractivity contribution in [3.05, 3.63) is 23.6 Å². The summed E-state index contributed by atoms with van der Waals surface area (Å²) < 4.78 is 14.2. The highest BCUT2D eigenvalue weighted by Crippen LogP contribution is 2.28. The summed E-state index contributed by atoms with van der Waals surface area (Å²) in [6.07, 6.45) is 3.94. The minimum atomic E-state index is -0.254. The summed E-state index contributed by atoms with van der Waals surface area (Å²) in [5.41, 5.74) is 6.07. The van der Waals surface area contributed by atoms with E-state index in [1.165, 1.54) is 6.42 Å². The van der Waals surface area contributed by atoms with Crippen molar-refractivity contribution in [2.24, 2.45) is 11.7 Å². The Morgan fingerprint density at radius 2 is 2.24 bits per heavy atom. The number of halogens is 1. The molecule has 1 fully saturated rings. The Labute approximate surface area is 102 Å². The topological polar surface area (TPSA) is 42.2 Å². The third-order valence-corrected chi connectivity index (χ3v) is 3.56. The minimum Gasteiger partial charge on any atom is -0.351 e. The molecule has 2 heterocycles. The molecule has 0 spiro atoms. The van der Waals surface area contributed by atoms with Crippen LogP contribution in [0.1, 0.15) is 32.3 Å². The van der Waals surface area contributed by atoms with Crippen LogP contribution >= 0.6 is 0 Å². The fourth-order valence-electron chi connectivity index (χ4n) is 2.41. The summed E-state index contributed by atoms with van der Waals surface area (Å²) in [4.78, 5) is 6.26. The number of piperidine rings is 1. The van der Waals surface area contributed by atoms with Gasteiger partial charge in [-0.2, -0.15) is 0 Å². The van der Waals surface area contributed by atoms with Crippen molar-refractivity contribution in [2.45, 2.75) is 39.3 Å². The second-order valence-electron chi connectivity index (χ2n) is 5.00. The zero-order valence-electron chi connectivity index (χ0n) is 10.5. The fourth-order valence-corrected chi connectivity index (χ4v) is 2.41. The lowest BCUT2D eigenvalue weighted by atomic mass is 9.95. The van der Waals surface area contributed by atoms with Crippen LogP contribution in [0.25, 0.3) is 0 Å². The number of rotatable bonds is 2. The monoisotopic (exact) mass is 237 g/mol. The van der Waals surface area contributed by atoms with E-state index in [0.717, 1.165) is 13.0 Å². The lowest BCUT2D eigenvalue weighted by molar-refractivity contribution is 0.383. The molecule has 2 rings (SSSR count).